The van der Waals surface area contributed by atoms with Gasteiger partial charge in [-0.1, -0.05) is 17.8 Å². The Hall–Kier alpha value is -1.45. The number of hydrogen-bond acceptors (Lipinski definition) is 7. The summed E-state index contributed by atoms with van der Waals surface area (Å²) >= 11 is 2.45. The molecule has 0 aromatic carbocycles. The van der Waals surface area contributed by atoms with Gasteiger partial charge in [-0.2, -0.15) is 0 Å². The molecule has 120 valence electrons. The number of nitrogens with two attached hydrogens (primary N) is 1. The maximum atomic E-state index is 11.9. The number of nitrogens with zero attached hydrogens (tertiary/aromatic N) is 1. The van der Waals surface area contributed by atoms with Crippen molar-refractivity contribution in [1.29, 1.82) is 0 Å². The van der Waals surface area contributed by atoms with E-state index in [-0.39, 0.29) is 29.3 Å². The first-order valence-electron chi connectivity index (χ1n) is 6.61. The van der Waals surface area contributed by atoms with Crippen LogP contribution >= 0.6 is 23.5 Å². The van der Waals surface area contributed by atoms with Gasteiger partial charge in [0.25, 0.3) is 5.91 Å². The largest absolute Gasteiger partial charge is 0.477 e. The van der Waals surface area contributed by atoms with E-state index in [2.05, 4.69) is 0 Å². The van der Waals surface area contributed by atoms with Gasteiger partial charge in [-0.25, -0.2) is 4.79 Å². The number of allylic oxidation sites excluding steroid dienone is 1. The van der Waals surface area contributed by atoms with E-state index in [1.54, 1.807) is 19.9 Å². The Morgan fingerprint density at radius 3 is 2.82 bits per heavy atom. The molecular formula is C13H16N2O5S2. The van der Waals surface area contributed by atoms with Crippen LogP contribution < -0.4 is 5.73 Å². The number of carboxylic acids is 1. The Bertz CT molecular complexity index is 587. The molecule has 1 amide bonds. The number of carboxylic acid groups (broad SMARTS) is 1. The van der Waals surface area contributed by atoms with Crippen molar-refractivity contribution >= 4 is 41.4 Å². The van der Waals surface area contributed by atoms with Crippen LogP contribution in [0.4, 0.5) is 0 Å². The monoisotopic (exact) mass is 344 g/mol. The van der Waals surface area contributed by atoms with Gasteiger partial charge in [-0.3, -0.25) is 14.5 Å². The number of rotatable bonds is 6. The van der Waals surface area contributed by atoms with Crippen molar-refractivity contribution in [2.75, 3.05) is 12.4 Å². The average Bonchev–Trinajstić information content (AvgIpc) is 2.80. The summed E-state index contributed by atoms with van der Waals surface area (Å²) in [5.41, 5.74) is 6.26. The molecule has 1 fully saturated rings. The van der Waals surface area contributed by atoms with E-state index in [0.717, 1.165) is 11.8 Å². The van der Waals surface area contributed by atoms with Gasteiger partial charge in [0, 0.05) is 11.3 Å². The second-order valence-electron chi connectivity index (χ2n) is 4.50. The lowest BCUT2D eigenvalue weighted by Gasteiger charge is -2.36. The lowest BCUT2D eigenvalue weighted by atomic mass is 10.1. The first-order valence-corrected chi connectivity index (χ1v) is 8.47. The van der Waals surface area contributed by atoms with Crippen molar-refractivity contribution in [2.24, 2.45) is 5.73 Å². The van der Waals surface area contributed by atoms with Gasteiger partial charge in [0.2, 0.25) is 0 Å². The van der Waals surface area contributed by atoms with E-state index in [9.17, 15) is 19.5 Å². The topological polar surface area (TPSA) is 110 Å². The highest BCUT2D eigenvalue weighted by atomic mass is 32.2. The average molecular weight is 344 g/mol. The van der Waals surface area contributed by atoms with Crippen LogP contribution in [0.5, 0.6) is 0 Å². The van der Waals surface area contributed by atoms with Crippen molar-refractivity contribution in [3.05, 3.63) is 21.6 Å². The quantitative estimate of drug-likeness (QED) is 0.412. The Morgan fingerprint density at radius 1 is 1.59 bits per heavy atom. The summed E-state index contributed by atoms with van der Waals surface area (Å²) in [4.78, 5) is 36.1. The highest BCUT2D eigenvalue weighted by Gasteiger charge is 2.52. The van der Waals surface area contributed by atoms with E-state index in [4.69, 9.17) is 10.5 Å². The van der Waals surface area contributed by atoms with Crippen LogP contribution in [0.2, 0.25) is 0 Å². The van der Waals surface area contributed by atoms with Gasteiger partial charge >= 0.3 is 11.9 Å². The van der Waals surface area contributed by atoms with Crippen LogP contribution in [0.3, 0.4) is 0 Å². The minimum atomic E-state index is -1.16. The third-order valence-corrected chi connectivity index (χ3v) is 5.84. The maximum Gasteiger partial charge on any atom is 0.354 e. The van der Waals surface area contributed by atoms with Crippen molar-refractivity contribution < 1.29 is 24.2 Å². The van der Waals surface area contributed by atoms with E-state index >= 15 is 0 Å². The van der Waals surface area contributed by atoms with Crippen LogP contribution in [-0.4, -0.2) is 51.6 Å². The number of hydrogen-bond donors (Lipinski definition) is 2. The van der Waals surface area contributed by atoms with Crippen molar-refractivity contribution in [3.63, 3.8) is 0 Å². The first kappa shape index (κ1) is 16.9. The fourth-order valence-corrected chi connectivity index (χ4v) is 4.77. The first-order chi connectivity index (χ1) is 10.4. The van der Waals surface area contributed by atoms with E-state index < -0.39 is 18.0 Å². The predicted molar refractivity (Wildman–Crippen MR) is 83.7 cm³/mol. The SMILES string of the molecule is CC=C1C(=O)N2C(C(=O)O)=C(SCC(N)C(=O)OCC)S[C@@H]12. The van der Waals surface area contributed by atoms with Crippen LogP contribution in [0.1, 0.15) is 13.8 Å². The fourth-order valence-electron chi connectivity index (χ4n) is 2.06. The Morgan fingerprint density at radius 2 is 2.27 bits per heavy atom. The number of esters is 1. The predicted octanol–water partition coefficient (Wildman–Crippen LogP) is 0.725. The second-order valence-corrected chi connectivity index (χ2v) is 6.88. The number of β-lactam (4-membered cyclic amide) rings is 1. The Balaban J connectivity index is 2.09. The van der Waals surface area contributed by atoms with Gasteiger partial charge < -0.3 is 15.6 Å². The normalized spacial score (nSPS) is 23.4. The van der Waals surface area contributed by atoms with Crippen LogP contribution in [0.15, 0.2) is 21.6 Å². The summed E-state index contributed by atoms with van der Waals surface area (Å²) < 4.78 is 5.30. The Kier molecular flexibility index (Phi) is 5.20. The summed E-state index contributed by atoms with van der Waals surface area (Å²) in [5.74, 6) is -1.78. The zero-order chi connectivity index (χ0) is 16.4. The van der Waals surface area contributed by atoms with E-state index in [1.165, 1.54) is 16.7 Å². The second kappa shape index (κ2) is 6.76. The number of thioether (sulfide) groups is 2. The number of carbonyl (C=O) groups is 3. The lowest BCUT2D eigenvalue weighted by Crippen LogP contribution is -2.51. The number of ether oxygens (including phenoxy) is 1. The van der Waals surface area contributed by atoms with Crippen molar-refractivity contribution in [2.45, 2.75) is 25.3 Å². The lowest BCUT2D eigenvalue weighted by molar-refractivity contribution is -0.144. The minimum Gasteiger partial charge on any atom is -0.477 e. The van der Waals surface area contributed by atoms with Crippen LogP contribution in [0.25, 0.3) is 0 Å². The van der Waals surface area contributed by atoms with Crippen molar-refractivity contribution in [3.8, 4) is 0 Å². The van der Waals surface area contributed by atoms with Gasteiger partial charge in [0.05, 0.1) is 10.8 Å². The maximum absolute atomic E-state index is 11.9. The molecule has 2 aliphatic heterocycles. The molecule has 7 nitrogen and oxygen atoms in total. The van der Waals surface area contributed by atoms with Gasteiger partial charge in [0.1, 0.15) is 11.4 Å². The summed E-state index contributed by atoms with van der Waals surface area (Å²) in [7, 11) is 0. The molecule has 2 aliphatic rings. The smallest absolute Gasteiger partial charge is 0.354 e. The van der Waals surface area contributed by atoms with E-state index in [1.807, 2.05) is 0 Å². The molecule has 0 aromatic heterocycles. The highest BCUT2D eigenvalue weighted by Crippen LogP contribution is 2.52. The number of fused-ring (bicyclic) bond motifs is 1. The highest BCUT2D eigenvalue weighted by molar-refractivity contribution is 8.23. The third kappa shape index (κ3) is 2.88. The minimum absolute atomic E-state index is 0.0355. The number of amides is 1. The van der Waals surface area contributed by atoms with Crippen LogP contribution in [0, 0.1) is 0 Å². The van der Waals surface area contributed by atoms with E-state index in [0.29, 0.717) is 9.81 Å². The zero-order valence-electron chi connectivity index (χ0n) is 12.1. The molecule has 0 saturated carbocycles. The van der Waals surface area contributed by atoms with Gasteiger partial charge in [0.15, 0.2) is 5.70 Å². The molecular weight excluding hydrogens is 328 g/mol. The molecule has 0 spiro atoms. The Labute approximate surface area is 135 Å². The van der Waals surface area contributed by atoms with Gasteiger partial charge in [-0.05, 0) is 13.8 Å². The summed E-state index contributed by atoms with van der Waals surface area (Å²) in [5, 5.41) is 9.03. The molecule has 0 aliphatic carbocycles. The molecule has 9 heteroatoms. The molecule has 0 radical (unpaired) electrons. The summed E-state index contributed by atoms with van der Waals surface area (Å²) in [6, 6.07) is -0.835. The number of aliphatic carboxylic acids is 1. The molecule has 0 aromatic rings. The zero-order valence-corrected chi connectivity index (χ0v) is 13.7. The molecule has 3 N–H and O–H groups in total. The standard InChI is InChI=1S/C13H16N2O5S2/c1-3-6-9(16)15-8(11(17)18)13(22-10(6)15)21-5-7(14)12(19)20-4-2/h3,7,10H,4-5,14H2,1-2H3,(H,17,18)/t7?,10-/m0/s1. The summed E-state index contributed by atoms with van der Waals surface area (Å²) in [6.45, 7) is 3.67. The molecule has 2 rings (SSSR count). The fraction of sp³-hybridized carbons (Fsp3) is 0.462. The number of carbonyl (C=O) groups excluding carboxylic acids is 2. The molecule has 1 unspecified atom stereocenters. The van der Waals surface area contributed by atoms with Crippen molar-refractivity contribution in [1.82, 2.24) is 4.90 Å². The van der Waals surface area contributed by atoms with Crippen LogP contribution in [-0.2, 0) is 19.1 Å². The van der Waals surface area contributed by atoms with Gasteiger partial charge in [-0.15, -0.1) is 11.8 Å². The third-order valence-electron chi connectivity index (χ3n) is 3.12. The molecule has 1 saturated heterocycles. The molecule has 2 atom stereocenters. The molecule has 22 heavy (non-hydrogen) atoms. The molecule has 0 bridgehead atoms. The molecule has 2 heterocycles. The summed E-state index contributed by atoms with van der Waals surface area (Å²) in [6.07, 6.45) is 1.69.